The summed E-state index contributed by atoms with van der Waals surface area (Å²) in [4.78, 5) is 0. The fourth-order valence-corrected chi connectivity index (χ4v) is 2.25. The predicted octanol–water partition coefficient (Wildman–Crippen LogP) is 1.23. The number of hydrogen-bond acceptors (Lipinski definition) is 7. The number of ether oxygens (including phenoxy) is 1. The number of aliphatic hydroxyl groups is 2. The van der Waals surface area contributed by atoms with E-state index in [-0.39, 0.29) is 28.4 Å². The van der Waals surface area contributed by atoms with Gasteiger partial charge in [-0.15, -0.1) is 0 Å². The lowest BCUT2D eigenvalue weighted by molar-refractivity contribution is -0.270. The van der Waals surface area contributed by atoms with Crippen LogP contribution in [0.3, 0.4) is 0 Å². The van der Waals surface area contributed by atoms with Gasteiger partial charge in [-0.3, -0.25) is 0 Å². The van der Waals surface area contributed by atoms with Gasteiger partial charge in [-0.05, 0) is 6.07 Å². The quantitative estimate of drug-likeness (QED) is 0.535. The molecule has 3 rings (SSSR count). The number of phenols is 3. The first-order valence-corrected chi connectivity index (χ1v) is 6.24. The molecule has 7 nitrogen and oxygen atoms in total. The minimum absolute atomic E-state index is 0.0523. The molecule has 0 aromatic heterocycles. The van der Waals surface area contributed by atoms with Crippen LogP contribution in [0.5, 0.6) is 28.7 Å². The SMILES string of the molecule is [O-]c1ccc(C2=C(O)[C@@H](O)c3c(O)cc(O)cc3O2)cc1O. The van der Waals surface area contributed by atoms with Gasteiger partial charge in [0.05, 0.1) is 5.56 Å². The highest BCUT2D eigenvalue weighted by Crippen LogP contribution is 2.46. The molecule has 5 N–H and O–H groups in total. The fraction of sp³-hybridized carbons (Fsp3) is 0.0667. The average molecular weight is 303 g/mol. The smallest absolute Gasteiger partial charge is 0.175 e. The number of fused-ring (bicyclic) bond motifs is 1. The molecular weight excluding hydrogens is 292 g/mol. The Kier molecular flexibility index (Phi) is 3.00. The second-order valence-corrected chi connectivity index (χ2v) is 4.78. The number of hydrogen-bond donors (Lipinski definition) is 5. The van der Waals surface area contributed by atoms with Gasteiger partial charge in [0.2, 0.25) is 0 Å². The maximum Gasteiger partial charge on any atom is 0.175 e. The van der Waals surface area contributed by atoms with Gasteiger partial charge >= 0.3 is 0 Å². The van der Waals surface area contributed by atoms with E-state index < -0.39 is 29.1 Å². The van der Waals surface area contributed by atoms with Gasteiger partial charge in [0.15, 0.2) is 11.5 Å². The van der Waals surface area contributed by atoms with Crippen molar-refractivity contribution in [1.29, 1.82) is 0 Å². The Morgan fingerprint density at radius 1 is 0.955 bits per heavy atom. The topological polar surface area (TPSA) is 133 Å². The number of aliphatic hydroxyl groups excluding tert-OH is 2. The summed E-state index contributed by atoms with van der Waals surface area (Å²) < 4.78 is 5.39. The van der Waals surface area contributed by atoms with Crippen molar-refractivity contribution < 1.29 is 35.4 Å². The predicted molar refractivity (Wildman–Crippen MR) is 72.5 cm³/mol. The van der Waals surface area contributed by atoms with E-state index in [1.807, 2.05) is 0 Å². The Hall–Kier alpha value is -3.06. The highest BCUT2D eigenvalue weighted by Gasteiger charge is 2.32. The lowest BCUT2D eigenvalue weighted by atomic mass is 9.99. The van der Waals surface area contributed by atoms with Gasteiger partial charge in [0, 0.05) is 17.7 Å². The van der Waals surface area contributed by atoms with Crippen LogP contribution in [-0.2, 0) is 0 Å². The molecule has 1 heterocycles. The summed E-state index contributed by atoms with van der Waals surface area (Å²) >= 11 is 0. The van der Waals surface area contributed by atoms with Crippen LogP contribution >= 0.6 is 0 Å². The van der Waals surface area contributed by atoms with Crippen molar-refractivity contribution in [3.63, 3.8) is 0 Å². The van der Waals surface area contributed by atoms with Crippen molar-refractivity contribution in [3.05, 3.63) is 47.2 Å². The van der Waals surface area contributed by atoms with E-state index in [2.05, 4.69) is 0 Å². The summed E-state index contributed by atoms with van der Waals surface area (Å²) in [5.41, 5.74) is 0.0610. The third kappa shape index (κ3) is 2.04. The molecule has 0 unspecified atom stereocenters. The van der Waals surface area contributed by atoms with Crippen molar-refractivity contribution in [2.24, 2.45) is 0 Å². The minimum Gasteiger partial charge on any atom is -0.870 e. The van der Waals surface area contributed by atoms with Crippen molar-refractivity contribution in [3.8, 4) is 28.7 Å². The first-order valence-electron chi connectivity index (χ1n) is 6.24. The molecule has 0 fully saturated rings. The molecular formula is C15H11O7-. The number of rotatable bonds is 1. The first kappa shape index (κ1) is 13.9. The monoisotopic (exact) mass is 303 g/mol. The van der Waals surface area contributed by atoms with Gasteiger partial charge in [-0.25, -0.2) is 0 Å². The molecule has 1 aliphatic rings. The van der Waals surface area contributed by atoms with E-state index in [9.17, 15) is 30.6 Å². The Bertz CT molecular complexity index is 795. The molecule has 2 aromatic carbocycles. The molecule has 1 atom stereocenters. The molecule has 0 spiro atoms. The van der Waals surface area contributed by atoms with Crippen LogP contribution in [0.2, 0.25) is 0 Å². The molecule has 0 radical (unpaired) electrons. The van der Waals surface area contributed by atoms with E-state index in [1.165, 1.54) is 6.07 Å². The summed E-state index contributed by atoms with van der Waals surface area (Å²) in [5.74, 6) is -2.71. The Labute approximate surface area is 124 Å². The molecule has 7 heteroatoms. The highest BCUT2D eigenvalue weighted by molar-refractivity contribution is 5.71. The van der Waals surface area contributed by atoms with E-state index >= 15 is 0 Å². The first-order chi connectivity index (χ1) is 10.4. The van der Waals surface area contributed by atoms with Crippen LogP contribution in [-0.4, -0.2) is 25.5 Å². The third-order valence-corrected chi connectivity index (χ3v) is 3.30. The number of phenolic OH excluding ortho intramolecular Hbond substituents is 3. The normalized spacial score (nSPS) is 17.0. The van der Waals surface area contributed by atoms with Crippen molar-refractivity contribution in [2.75, 3.05) is 0 Å². The molecule has 2 aromatic rings. The van der Waals surface area contributed by atoms with E-state index in [0.717, 1.165) is 24.3 Å². The molecule has 114 valence electrons. The number of aromatic hydroxyl groups is 3. The minimum atomic E-state index is -1.58. The molecule has 1 aliphatic heterocycles. The molecule has 0 bridgehead atoms. The van der Waals surface area contributed by atoms with Crippen LogP contribution in [0.15, 0.2) is 36.1 Å². The third-order valence-electron chi connectivity index (χ3n) is 3.30. The van der Waals surface area contributed by atoms with Gasteiger partial charge in [-0.2, -0.15) is 0 Å². The van der Waals surface area contributed by atoms with Crippen LogP contribution < -0.4 is 9.84 Å². The average Bonchev–Trinajstić information content (AvgIpc) is 2.45. The summed E-state index contributed by atoms with van der Waals surface area (Å²) in [5, 5.41) is 60.0. The van der Waals surface area contributed by atoms with E-state index in [4.69, 9.17) is 4.74 Å². The fourth-order valence-electron chi connectivity index (χ4n) is 2.25. The Morgan fingerprint density at radius 3 is 2.36 bits per heavy atom. The standard InChI is InChI=1S/C15H12O7/c16-7-4-10(19)12-11(5-7)22-15(14(21)13(12)20)6-1-2-8(17)9(18)3-6/h1-5,13,16-21H/p-1/t13-/m0/s1. The van der Waals surface area contributed by atoms with Crippen molar-refractivity contribution in [2.45, 2.75) is 6.10 Å². The van der Waals surface area contributed by atoms with Crippen LogP contribution in [0.25, 0.3) is 5.76 Å². The zero-order valence-corrected chi connectivity index (χ0v) is 11.0. The van der Waals surface area contributed by atoms with E-state index in [1.54, 1.807) is 0 Å². The molecule has 0 amide bonds. The van der Waals surface area contributed by atoms with Crippen molar-refractivity contribution in [1.82, 2.24) is 0 Å². The maximum absolute atomic E-state index is 11.2. The summed E-state index contributed by atoms with van der Waals surface area (Å²) in [6, 6.07) is 5.62. The van der Waals surface area contributed by atoms with Crippen molar-refractivity contribution >= 4 is 5.76 Å². The van der Waals surface area contributed by atoms with Crippen LogP contribution in [0, 0.1) is 0 Å². The van der Waals surface area contributed by atoms with Gasteiger partial charge in [-0.1, -0.05) is 17.9 Å². The zero-order valence-electron chi connectivity index (χ0n) is 11.0. The summed E-state index contributed by atoms with van der Waals surface area (Å²) in [7, 11) is 0. The van der Waals surface area contributed by atoms with Crippen LogP contribution in [0.1, 0.15) is 17.2 Å². The second kappa shape index (κ2) is 4.74. The Balaban J connectivity index is 2.14. The van der Waals surface area contributed by atoms with E-state index in [0.29, 0.717) is 0 Å². The number of benzene rings is 2. The maximum atomic E-state index is 11.2. The molecule has 0 saturated heterocycles. The van der Waals surface area contributed by atoms with Crippen LogP contribution in [0.4, 0.5) is 0 Å². The highest BCUT2D eigenvalue weighted by atomic mass is 16.5. The van der Waals surface area contributed by atoms with Gasteiger partial charge in [0.1, 0.15) is 29.1 Å². The zero-order chi connectivity index (χ0) is 16.0. The molecule has 0 aliphatic carbocycles. The lowest BCUT2D eigenvalue weighted by Crippen LogP contribution is -2.15. The Morgan fingerprint density at radius 2 is 1.68 bits per heavy atom. The molecule has 0 saturated carbocycles. The van der Waals surface area contributed by atoms with Gasteiger partial charge < -0.3 is 35.4 Å². The van der Waals surface area contributed by atoms with Gasteiger partial charge in [0.25, 0.3) is 0 Å². The largest absolute Gasteiger partial charge is 0.870 e. The molecule has 22 heavy (non-hydrogen) atoms. The summed E-state index contributed by atoms with van der Waals surface area (Å²) in [6.45, 7) is 0. The summed E-state index contributed by atoms with van der Waals surface area (Å²) in [6.07, 6.45) is -1.58. The second-order valence-electron chi connectivity index (χ2n) is 4.78. The lowest BCUT2D eigenvalue weighted by Gasteiger charge is -2.25.